The van der Waals surface area contributed by atoms with Gasteiger partial charge in [0.15, 0.2) is 11.6 Å². The van der Waals surface area contributed by atoms with Crippen LogP contribution in [0.1, 0.15) is 10.4 Å². The van der Waals surface area contributed by atoms with Crippen LogP contribution in [0.5, 0.6) is 0 Å². The van der Waals surface area contributed by atoms with Crippen molar-refractivity contribution in [1.29, 1.82) is 0 Å². The first-order valence-electron chi connectivity index (χ1n) is 7.14. The Morgan fingerprint density at radius 1 is 1.12 bits per heavy atom. The van der Waals surface area contributed by atoms with Crippen LogP contribution in [0.25, 0.3) is 11.3 Å². The van der Waals surface area contributed by atoms with Gasteiger partial charge in [0.1, 0.15) is 5.69 Å². The Labute approximate surface area is 147 Å². The number of nitrogens with one attached hydrogen (secondary N) is 1. The van der Waals surface area contributed by atoms with E-state index in [0.29, 0.717) is 16.3 Å². The number of carboxylic acid groups (broad SMARTS) is 1. The Morgan fingerprint density at radius 3 is 2.44 bits per heavy atom. The molecule has 0 aliphatic carbocycles. The minimum absolute atomic E-state index is 0.0252. The van der Waals surface area contributed by atoms with Crippen molar-refractivity contribution in [3.63, 3.8) is 0 Å². The predicted octanol–water partition coefficient (Wildman–Crippen LogP) is 3.96. The number of halogens is 2. The number of aromatic nitrogens is 2. The largest absolute Gasteiger partial charge is 0.478 e. The van der Waals surface area contributed by atoms with Crippen molar-refractivity contribution in [1.82, 2.24) is 9.97 Å². The number of aromatic carboxylic acids is 1. The van der Waals surface area contributed by atoms with Gasteiger partial charge >= 0.3 is 5.97 Å². The molecule has 0 saturated carbocycles. The molecule has 8 heteroatoms. The van der Waals surface area contributed by atoms with E-state index in [9.17, 15) is 9.18 Å². The van der Waals surface area contributed by atoms with Crippen molar-refractivity contribution >= 4 is 35.0 Å². The normalized spacial score (nSPS) is 10.5. The average molecular weight is 359 g/mol. The zero-order valence-corrected chi connectivity index (χ0v) is 13.5. The molecule has 0 atom stereocenters. The van der Waals surface area contributed by atoms with E-state index in [0.717, 1.165) is 0 Å². The van der Waals surface area contributed by atoms with Gasteiger partial charge in [-0.1, -0.05) is 29.8 Å². The van der Waals surface area contributed by atoms with E-state index in [2.05, 4.69) is 15.3 Å². The molecule has 2 aromatic carbocycles. The van der Waals surface area contributed by atoms with Crippen LogP contribution in [-0.4, -0.2) is 21.0 Å². The summed E-state index contributed by atoms with van der Waals surface area (Å²) >= 11 is 6.10. The number of anilines is 3. The molecule has 0 fully saturated rings. The Morgan fingerprint density at radius 2 is 1.80 bits per heavy atom. The fourth-order valence-electron chi connectivity index (χ4n) is 2.18. The summed E-state index contributed by atoms with van der Waals surface area (Å²) < 4.78 is 14.3. The summed E-state index contributed by atoms with van der Waals surface area (Å²) in [6.07, 6.45) is 0. The highest BCUT2D eigenvalue weighted by Crippen LogP contribution is 2.31. The second-order valence-electron chi connectivity index (χ2n) is 5.08. The molecule has 0 spiro atoms. The number of nitrogen functional groups attached to an aromatic ring is 1. The van der Waals surface area contributed by atoms with Crippen LogP contribution in [0.4, 0.5) is 21.8 Å². The third-order valence-electron chi connectivity index (χ3n) is 3.39. The molecule has 4 N–H and O–H groups in total. The van der Waals surface area contributed by atoms with Crippen LogP contribution in [0.2, 0.25) is 5.02 Å². The molecule has 0 aliphatic heterocycles. The second kappa shape index (κ2) is 6.74. The molecule has 1 heterocycles. The van der Waals surface area contributed by atoms with Crippen molar-refractivity contribution in [3.8, 4) is 11.3 Å². The highest BCUT2D eigenvalue weighted by molar-refractivity contribution is 6.33. The molecule has 1 aromatic heterocycles. The van der Waals surface area contributed by atoms with E-state index in [1.54, 1.807) is 36.4 Å². The van der Waals surface area contributed by atoms with Crippen LogP contribution in [-0.2, 0) is 0 Å². The Bertz CT molecular complexity index is 948. The van der Waals surface area contributed by atoms with Gasteiger partial charge in [-0.3, -0.25) is 0 Å². The SMILES string of the molecule is Nc1nc(Nc2ccc(C(=O)O)cc2)nc(-c2ccccc2Cl)c1F. The predicted molar refractivity (Wildman–Crippen MR) is 93.5 cm³/mol. The fraction of sp³-hybridized carbons (Fsp3) is 0. The van der Waals surface area contributed by atoms with Gasteiger partial charge in [-0.2, -0.15) is 4.98 Å². The topological polar surface area (TPSA) is 101 Å². The molecule has 6 nitrogen and oxygen atoms in total. The summed E-state index contributed by atoms with van der Waals surface area (Å²) in [6.45, 7) is 0. The number of nitrogens with zero attached hydrogens (tertiary/aromatic N) is 2. The van der Waals surface area contributed by atoms with Gasteiger partial charge in [-0.25, -0.2) is 14.2 Å². The van der Waals surface area contributed by atoms with Gasteiger partial charge in [0, 0.05) is 11.3 Å². The minimum Gasteiger partial charge on any atom is -0.478 e. The zero-order chi connectivity index (χ0) is 18.0. The molecule has 0 saturated heterocycles. The Hall–Kier alpha value is -3.19. The van der Waals surface area contributed by atoms with Crippen LogP contribution >= 0.6 is 11.6 Å². The van der Waals surface area contributed by atoms with E-state index < -0.39 is 11.8 Å². The number of rotatable bonds is 4. The number of benzene rings is 2. The monoisotopic (exact) mass is 358 g/mol. The first-order valence-corrected chi connectivity index (χ1v) is 7.52. The maximum absolute atomic E-state index is 14.3. The zero-order valence-electron chi connectivity index (χ0n) is 12.7. The maximum Gasteiger partial charge on any atom is 0.335 e. The summed E-state index contributed by atoms with van der Waals surface area (Å²) in [5, 5.41) is 12.1. The van der Waals surface area contributed by atoms with E-state index in [-0.39, 0.29) is 23.0 Å². The Kier molecular flexibility index (Phi) is 4.49. The van der Waals surface area contributed by atoms with E-state index in [1.165, 1.54) is 12.1 Å². The number of carbonyl (C=O) groups is 1. The first kappa shape index (κ1) is 16.7. The molecule has 3 rings (SSSR count). The van der Waals surface area contributed by atoms with E-state index in [4.69, 9.17) is 22.4 Å². The van der Waals surface area contributed by atoms with Crippen molar-refractivity contribution in [2.45, 2.75) is 0 Å². The highest BCUT2D eigenvalue weighted by Gasteiger charge is 2.16. The molecule has 126 valence electrons. The van der Waals surface area contributed by atoms with Gasteiger partial charge < -0.3 is 16.2 Å². The maximum atomic E-state index is 14.3. The smallest absolute Gasteiger partial charge is 0.335 e. The van der Waals surface area contributed by atoms with Crippen molar-refractivity contribution in [2.75, 3.05) is 11.1 Å². The standard InChI is InChI=1S/C17H12ClFN4O2/c18-12-4-2-1-3-11(12)14-13(19)15(20)23-17(22-14)21-10-7-5-9(6-8-10)16(24)25/h1-8H,(H,24,25)(H3,20,21,22,23). The van der Waals surface area contributed by atoms with Gasteiger partial charge in [0.2, 0.25) is 5.95 Å². The lowest BCUT2D eigenvalue weighted by atomic mass is 10.1. The number of hydrogen-bond donors (Lipinski definition) is 3. The molecular weight excluding hydrogens is 347 g/mol. The van der Waals surface area contributed by atoms with Gasteiger partial charge in [-0.15, -0.1) is 0 Å². The van der Waals surface area contributed by atoms with E-state index in [1.807, 2.05) is 0 Å². The van der Waals surface area contributed by atoms with Crippen LogP contribution < -0.4 is 11.1 Å². The lowest BCUT2D eigenvalue weighted by molar-refractivity contribution is 0.0697. The van der Waals surface area contributed by atoms with Crippen LogP contribution in [0.15, 0.2) is 48.5 Å². The number of hydrogen-bond acceptors (Lipinski definition) is 5. The highest BCUT2D eigenvalue weighted by atomic mass is 35.5. The molecule has 25 heavy (non-hydrogen) atoms. The summed E-state index contributed by atoms with van der Waals surface area (Å²) in [7, 11) is 0. The van der Waals surface area contributed by atoms with Gasteiger partial charge in [0.25, 0.3) is 0 Å². The van der Waals surface area contributed by atoms with Crippen LogP contribution in [0.3, 0.4) is 0 Å². The van der Waals surface area contributed by atoms with Gasteiger partial charge in [-0.05, 0) is 30.3 Å². The summed E-state index contributed by atoms with van der Waals surface area (Å²) in [6, 6.07) is 12.6. The van der Waals surface area contributed by atoms with Crippen LogP contribution in [0, 0.1) is 5.82 Å². The first-order chi connectivity index (χ1) is 12.0. The molecule has 0 amide bonds. The second-order valence-corrected chi connectivity index (χ2v) is 5.49. The molecule has 0 bridgehead atoms. The fourth-order valence-corrected chi connectivity index (χ4v) is 2.40. The third-order valence-corrected chi connectivity index (χ3v) is 3.72. The molecule has 3 aromatic rings. The molecule has 0 unspecified atom stereocenters. The lowest BCUT2D eigenvalue weighted by Gasteiger charge is -2.10. The van der Waals surface area contributed by atoms with E-state index >= 15 is 0 Å². The van der Waals surface area contributed by atoms with Crippen molar-refractivity contribution in [3.05, 3.63) is 64.9 Å². The average Bonchev–Trinajstić information content (AvgIpc) is 2.59. The number of nitrogens with two attached hydrogens (primary N) is 1. The summed E-state index contributed by atoms with van der Waals surface area (Å²) in [5.74, 6) is -2.05. The third kappa shape index (κ3) is 3.51. The quantitative estimate of drug-likeness (QED) is 0.652. The summed E-state index contributed by atoms with van der Waals surface area (Å²) in [5.41, 5.74) is 6.67. The van der Waals surface area contributed by atoms with Crippen molar-refractivity contribution in [2.24, 2.45) is 0 Å². The lowest BCUT2D eigenvalue weighted by Crippen LogP contribution is -2.06. The van der Waals surface area contributed by atoms with Crippen molar-refractivity contribution < 1.29 is 14.3 Å². The molecular formula is C17H12ClFN4O2. The Balaban J connectivity index is 1.98. The molecule has 0 aliphatic rings. The summed E-state index contributed by atoms with van der Waals surface area (Å²) in [4.78, 5) is 18.9. The molecule has 0 radical (unpaired) electrons. The minimum atomic E-state index is -1.03. The number of carboxylic acids is 1. The van der Waals surface area contributed by atoms with Gasteiger partial charge in [0.05, 0.1) is 10.6 Å².